The van der Waals surface area contributed by atoms with Crippen LogP contribution >= 0.6 is 0 Å². The quantitative estimate of drug-likeness (QED) is 0.314. The lowest BCUT2D eigenvalue weighted by Gasteiger charge is -2.13. The number of aromatic hydroxyl groups is 1. The molecule has 1 aliphatic rings. The SMILES string of the molecule is CNc1cc(C)cc2c1[nH]c1nc(OC3=CN=C(C)CC3)nc(-c3ccc(O)c(C=N)c3)c12. The molecule has 0 saturated heterocycles. The summed E-state index contributed by atoms with van der Waals surface area (Å²) in [5.74, 6) is 0.753. The van der Waals surface area contributed by atoms with Crippen LogP contribution in [0.2, 0.25) is 0 Å². The Morgan fingerprint density at radius 2 is 2.00 bits per heavy atom. The van der Waals surface area contributed by atoms with Crippen molar-refractivity contribution >= 4 is 39.5 Å². The molecule has 0 saturated carbocycles. The van der Waals surface area contributed by atoms with Crippen LogP contribution in [-0.4, -0.2) is 39.0 Å². The van der Waals surface area contributed by atoms with Crippen LogP contribution in [0.5, 0.6) is 11.8 Å². The van der Waals surface area contributed by atoms with Crippen LogP contribution in [0.4, 0.5) is 5.69 Å². The highest BCUT2D eigenvalue weighted by Gasteiger charge is 2.20. The normalized spacial score (nSPS) is 13.7. The van der Waals surface area contributed by atoms with Crippen LogP contribution in [0.15, 0.2) is 47.3 Å². The van der Waals surface area contributed by atoms with E-state index in [2.05, 4.69) is 32.4 Å². The summed E-state index contributed by atoms with van der Waals surface area (Å²) in [6.45, 7) is 4.04. The third-order valence-corrected chi connectivity index (χ3v) is 5.79. The predicted octanol–water partition coefficient (Wildman–Crippen LogP) is 5.31. The number of ether oxygens (including phenoxy) is 1. The van der Waals surface area contributed by atoms with Crippen molar-refractivity contribution in [1.82, 2.24) is 15.0 Å². The number of aliphatic imine (C=N–C) groups is 1. The van der Waals surface area contributed by atoms with Gasteiger partial charge >= 0.3 is 6.01 Å². The molecule has 0 atom stereocenters. The van der Waals surface area contributed by atoms with Crippen LogP contribution < -0.4 is 10.1 Å². The van der Waals surface area contributed by atoms with Crippen molar-refractivity contribution < 1.29 is 9.84 Å². The number of rotatable bonds is 5. The van der Waals surface area contributed by atoms with Crippen LogP contribution in [0, 0.1) is 12.3 Å². The lowest BCUT2D eigenvalue weighted by Crippen LogP contribution is -2.06. The van der Waals surface area contributed by atoms with Crippen molar-refractivity contribution in [3.05, 3.63) is 53.4 Å². The van der Waals surface area contributed by atoms with Gasteiger partial charge in [-0.1, -0.05) is 0 Å². The van der Waals surface area contributed by atoms with E-state index in [1.54, 1.807) is 24.4 Å². The Morgan fingerprint density at radius 3 is 2.73 bits per heavy atom. The predicted molar refractivity (Wildman–Crippen MR) is 132 cm³/mol. The van der Waals surface area contributed by atoms with Gasteiger partial charge in [-0.2, -0.15) is 9.97 Å². The number of anilines is 1. The van der Waals surface area contributed by atoms with E-state index in [9.17, 15) is 5.11 Å². The summed E-state index contributed by atoms with van der Waals surface area (Å²) in [4.78, 5) is 17.2. The Labute approximate surface area is 190 Å². The number of nitrogens with one attached hydrogen (secondary N) is 3. The van der Waals surface area contributed by atoms with E-state index in [4.69, 9.17) is 15.1 Å². The van der Waals surface area contributed by atoms with Crippen LogP contribution in [-0.2, 0) is 0 Å². The largest absolute Gasteiger partial charge is 0.507 e. The van der Waals surface area contributed by atoms with E-state index in [1.807, 2.05) is 20.9 Å². The molecule has 0 amide bonds. The molecular formula is C25H24N6O2. The highest BCUT2D eigenvalue weighted by molar-refractivity contribution is 6.15. The molecule has 4 N–H and O–H groups in total. The van der Waals surface area contributed by atoms with Gasteiger partial charge in [0.1, 0.15) is 17.2 Å². The molecule has 0 fully saturated rings. The summed E-state index contributed by atoms with van der Waals surface area (Å²) in [6, 6.07) is 9.50. The van der Waals surface area contributed by atoms with Gasteiger partial charge in [-0.3, -0.25) is 4.99 Å². The lowest BCUT2D eigenvalue weighted by molar-refractivity contribution is 0.373. The molecule has 4 aromatic rings. The smallest absolute Gasteiger partial charge is 0.324 e. The first kappa shape index (κ1) is 20.7. The number of aryl methyl sites for hydroxylation is 1. The Morgan fingerprint density at radius 1 is 1.15 bits per heavy atom. The Kier molecular flexibility index (Phi) is 5.05. The van der Waals surface area contributed by atoms with Crippen molar-refractivity contribution in [1.29, 1.82) is 5.41 Å². The van der Waals surface area contributed by atoms with Gasteiger partial charge in [-0.15, -0.1) is 0 Å². The van der Waals surface area contributed by atoms with E-state index in [1.165, 1.54) is 0 Å². The number of allylic oxidation sites excluding steroid dienone is 1. The first-order chi connectivity index (χ1) is 16.0. The molecule has 0 radical (unpaired) electrons. The van der Waals surface area contributed by atoms with Gasteiger partial charge in [0, 0.05) is 41.9 Å². The van der Waals surface area contributed by atoms with E-state index in [0.717, 1.165) is 57.9 Å². The third kappa shape index (κ3) is 3.69. The molecule has 5 rings (SSSR count). The first-order valence-electron chi connectivity index (χ1n) is 10.7. The molecule has 0 bridgehead atoms. The van der Waals surface area contributed by atoms with E-state index in [-0.39, 0.29) is 11.8 Å². The van der Waals surface area contributed by atoms with Gasteiger partial charge < -0.3 is 25.6 Å². The average Bonchev–Trinajstić information content (AvgIpc) is 3.18. The number of hydrogen-bond acceptors (Lipinski definition) is 7. The molecule has 0 spiro atoms. The van der Waals surface area contributed by atoms with E-state index >= 15 is 0 Å². The zero-order valence-electron chi connectivity index (χ0n) is 18.7. The molecule has 166 valence electrons. The average molecular weight is 441 g/mol. The first-order valence-corrected chi connectivity index (χ1v) is 10.7. The zero-order valence-corrected chi connectivity index (χ0v) is 18.7. The highest BCUT2D eigenvalue weighted by Crippen LogP contribution is 2.38. The molecule has 1 aliphatic heterocycles. The number of phenolic OH excluding ortho intramolecular Hbond substituents is 1. The van der Waals surface area contributed by atoms with Gasteiger partial charge in [0.2, 0.25) is 0 Å². The molecule has 3 heterocycles. The number of phenols is 1. The molecule has 2 aromatic carbocycles. The van der Waals surface area contributed by atoms with Crippen molar-refractivity contribution in [2.45, 2.75) is 26.7 Å². The van der Waals surface area contributed by atoms with Gasteiger partial charge in [0.05, 0.1) is 28.5 Å². The number of H-pyrrole nitrogens is 1. The van der Waals surface area contributed by atoms with Crippen molar-refractivity contribution in [2.24, 2.45) is 4.99 Å². The van der Waals surface area contributed by atoms with E-state index < -0.39 is 0 Å². The summed E-state index contributed by atoms with van der Waals surface area (Å²) in [6.07, 6.45) is 4.41. The summed E-state index contributed by atoms with van der Waals surface area (Å²) in [5.41, 5.74) is 6.52. The highest BCUT2D eigenvalue weighted by atomic mass is 16.5. The summed E-state index contributed by atoms with van der Waals surface area (Å²) >= 11 is 0. The molecule has 33 heavy (non-hydrogen) atoms. The van der Waals surface area contributed by atoms with Crippen molar-refractivity contribution in [2.75, 3.05) is 12.4 Å². The second-order valence-corrected chi connectivity index (χ2v) is 8.17. The molecular weight excluding hydrogens is 416 g/mol. The number of benzene rings is 2. The Balaban J connectivity index is 1.78. The fourth-order valence-corrected chi connectivity index (χ4v) is 4.10. The molecule has 2 aromatic heterocycles. The lowest BCUT2D eigenvalue weighted by atomic mass is 10.0. The van der Waals surface area contributed by atoms with Crippen LogP contribution in [0.25, 0.3) is 33.2 Å². The van der Waals surface area contributed by atoms with Crippen LogP contribution in [0.3, 0.4) is 0 Å². The van der Waals surface area contributed by atoms with Gasteiger partial charge in [-0.25, -0.2) is 0 Å². The zero-order chi connectivity index (χ0) is 23.1. The van der Waals surface area contributed by atoms with Crippen molar-refractivity contribution in [3.8, 4) is 23.0 Å². The number of aromatic amines is 1. The van der Waals surface area contributed by atoms with Gasteiger partial charge in [-0.05, 0) is 56.2 Å². The maximum atomic E-state index is 10.1. The molecule has 0 aliphatic carbocycles. The monoisotopic (exact) mass is 440 g/mol. The molecule has 8 heteroatoms. The number of hydrogen-bond donors (Lipinski definition) is 4. The standard InChI is InChI=1S/C25H24N6O2/c1-13-8-18-21-22(15-5-7-20(32)16(10-15)11-26)30-25(33-17-6-4-14(2)28-12-17)31-24(21)29-23(18)19(9-13)27-3/h5,7-12,26-27,32H,4,6H2,1-3H3,(H,29,30,31). The van der Waals surface area contributed by atoms with Crippen molar-refractivity contribution in [3.63, 3.8) is 0 Å². The molecule has 0 unspecified atom stereocenters. The minimum atomic E-state index is 0.0448. The fraction of sp³-hybridized carbons (Fsp3) is 0.200. The molecule has 8 nitrogen and oxygen atoms in total. The maximum absolute atomic E-state index is 10.1. The fourth-order valence-electron chi connectivity index (χ4n) is 4.10. The number of fused-ring (bicyclic) bond motifs is 3. The summed E-state index contributed by atoms with van der Waals surface area (Å²) < 4.78 is 6.03. The van der Waals surface area contributed by atoms with Crippen LogP contribution in [0.1, 0.15) is 30.9 Å². The van der Waals surface area contributed by atoms with E-state index in [0.29, 0.717) is 22.7 Å². The second-order valence-electron chi connectivity index (χ2n) is 8.17. The van der Waals surface area contributed by atoms with Gasteiger partial charge in [0.15, 0.2) is 0 Å². The summed E-state index contributed by atoms with van der Waals surface area (Å²) in [5, 5.41) is 22.8. The topological polar surface area (TPSA) is 119 Å². The second kappa shape index (κ2) is 8.05. The minimum absolute atomic E-state index is 0.0448. The van der Waals surface area contributed by atoms with Gasteiger partial charge in [0.25, 0.3) is 0 Å². The number of aromatic nitrogens is 3. The Bertz CT molecular complexity index is 1480. The maximum Gasteiger partial charge on any atom is 0.324 e. The number of nitrogens with zero attached hydrogens (tertiary/aromatic N) is 3. The Hall–Kier alpha value is -4.20. The minimum Gasteiger partial charge on any atom is -0.507 e. The summed E-state index contributed by atoms with van der Waals surface area (Å²) in [7, 11) is 1.88. The third-order valence-electron chi connectivity index (χ3n) is 5.79.